The molecule has 0 aromatic carbocycles. The van der Waals surface area contributed by atoms with Gasteiger partial charge in [-0.2, -0.15) is 0 Å². The highest BCUT2D eigenvalue weighted by Crippen LogP contribution is 2.22. The van der Waals surface area contributed by atoms with Crippen LogP contribution in [0, 0.1) is 0 Å². The molecule has 2 aliphatic carbocycles. The fraction of sp³-hybridized carbons (Fsp3) is 0.600. The molecule has 2 aliphatic rings. The molecular weight excluding hydrogens is 312 g/mol. The minimum Gasteiger partial charge on any atom is -0.474 e. The Labute approximate surface area is 151 Å². The molecule has 0 aliphatic heterocycles. The molecule has 0 atom stereocenters. The van der Waals surface area contributed by atoms with E-state index in [-0.39, 0.29) is 0 Å². The Bertz CT molecular complexity index is 585. The topological polar surface area (TPSA) is 58.5 Å². The van der Waals surface area contributed by atoms with Gasteiger partial charge in [0.25, 0.3) is 0 Å². The number of ether oxygens (including phenoxy) is 1. The first kappa shape index (κ1) is 17.8. The Kier molecular flexibility index (Phi) is 6.71. The summed E-state index contributed by atoms with van der Waals surface area (Å²) in [6.45, 7) is 3.57. The Morgan fingerprint density at radius 2 is 2.04 bits per heavy atom. The number of aliphatic imine (C=N–C) groups is 1. The Balaban J connectivity index is 1.57. The molecule has 5 heteroatoms. The fourth-order valence-electron chi connectivity index (χ4n) is 3.39. The molecule has 25 heavy (non-hydrogen) atoms. The molecule has 5 nitrogen and oxygen atoms in total. The number of hydrogen-bond donors (Lipinski definition) is 2. The van der Waals surface area contributed by atoms with Crippen LogP contribution in [0.2, 0.25) is 0 Å². The first-order valence-corrected chi connectivity index (χ1v) is 9.65. The van der Waals surface area contributed by atoms with Crippen LogP contribution < -0.4 is 15.4 Å². The molecular formula is C20H30N4O. The van der Waals surface area contributed by atoms with Crippen molar-refractivity contribution in [1.82, 2.24) is 15.6 Å². The SMILES string of the molecule is CCNC(=NCc1ccnc(OC2CCCCC2)c1)NC1CC=CC1. The first-order chi connectivity index (χ1) is 12.3. The average molecular weight is 342 g/mol. The second kappa shape index (κ2) is 9.44. The zero-order valence-electron chi connectivity index (χ0n) is 15.2. The molecule has 1 heterocycles. The summed E-state index contributed by atoms with van der Waals surface area (Å²) in [5.41, 5.74) is 1.13. The standard InChI is InChI=1S/C20H30N4O/c1-2-21-20(24-17-8-6-7-9-17)23-15-16-12-13-22-19(14-16)25-18-10-4-3-5-11-18/h6-7,12-14,17-18H,2-5,8-11,15H2,1H3,(H2,21,23,24). The summed E-state index contributed by atoms with van der Waals surface area (Å²) in [4.78, 5) is 9.09. The van der Waals surface area contributed by atoms with Gasteiger partial charge in [-0.25, -0.2) is 9.98 Å². The highest BCUT2D eigenvalue weighted by molar-refractivity contribution is 5.80. The number of aromatic nitrogens is 1. The highest BCUT2D eigenvalue weighted by atomic mass is 16.5. The summed E-state index contributed by atoms with van der Waals surface area (Å²) in [5, 5.41) is 6.82. The molecule has 2 N–H and O–H groups in total. The molecule has 1 aromatic rings. The minimum atomic E-state index is 0.328. The number of hydrogen-bond acceptors (Lipinski definition) is 3. The van der Waals surface area contributed by atoms with Crippen LogP contribution in [0.3, 0.4) is 0 Å². The lowest BCUT2D eigenvalue weighted by atomic mass is 9.98. The third-order valence-corrected chi connectivity index (χ3v) is 4.75. The van der Waals surface area contributed by atoms with Gasteiger partial charge in [0, 0.05) is 24.8 Å². The highest BCUT2D eigenvalue weighted by Gasteiger charge is 2.15. The van der Waals surface area contributed by atoms with E-state index < -0.39 is 0 Å². The van der Waals surface area contributed by atoms with Gasteiger partial charge in [-0.1, -0.05) is 18.6 Å². The van der Waals surface area contributed by atoms with Crippen LogP contribution in [0.5, 0.6) is 5.88 Å². The smallest absolute Gasteiger partial charge is 0.213 e. The molecule has 0 unspecified atom stereocenters. The normalized spacial score (nSPS) is 19.2. The van der Waals surface area contributed by atoms with Crippen molar-refractivity contribution in [3.63, 3.8) is 0 Å². The lowest BCUT2D eigenvalue weighted by Gasteiger charge is -2.22. The van der Waals surface area contributed by atoms with Gasteiger partial charge in [-0.15, -0.1) is 0 Å². The van der Waals surface area contributed by atoms with Gasteiger partial charge >= 0.3 is 0 Å². The molecule has 0 spiro atoms. The van der Waals surface area contributed by atoms with Crippen LogP contribution in [-0.4, -0.2) is 29.6 Å². The number of nitrogens with zero attached hydrogens (tertiary/aromatic N) is 2. The maximum atomic E-state index is 6.06. The van der Waals surface area contributed by atoms with Crippen LogP contribution in [0.1, 0.15) is 57.4 Å². The summed E-state index contributed by atoms with van der Waals surface area (Å²) in [5.74, 6) is 1.61. The zero-order chi connectivity index (χ0) is 17.3. The summed E-state index contributed by atoms with van der Waals surface area (Å²) < 4.78 is 6.06. The summed E-state index contributed by atoms with van der Waals surface area (Å²) >= 11 is 0. The van der Waals surface area contributed by atoms with Crippen molar-refractivity contribution >= 4 is 5.96 Å². The molecule has 0 saturated heterocycles. The molecule has 3 rings (SSSR count). The van der Waals surface area contributed by atoms with E-state index in [2.05, 4.69) is 34.7 Å². The lowest BCUT2D eigenvalue weighted by molar-refractivity contribution is 0.148. The predicted octanol–water partition coefficient (Wildman–Crippen LogP) is 3.57. The van der Waals surface area contributed by atoms with Crippen LogP contribution in [0.4, 0.5) is 0 Å². The monoisotopic (exact) mass is 342 g/mol. The largest absolute Gasteiger partial charge is 0.474 e. The molecule has 1 aromatic heterocycles. The third kappa shape index (κ3) is 5.76. The van der Waals surface area contributed by atoms with Gasteiger partial charge in [-0.3, -0.25) is 0 Å². The van der Waals surface area contributed by atoms with Crippen LogP contribution >= 0.6 is 0 Å². The Hall–Kier alpha value is -2.04. The Morgan fingerprint density at radius 3 is 2.80 bits per heavy atom. The van der Waals surface area contributed by atoms with E-state index in [4.69, 9.17) is 9.73 Å². The summed E-state index contributed by atoms with van der Waals surface area (Å²) in [7, 11) is 0. The van der Waals surface area contributed by atoms with E-state index in [1.165, 1.54) is 19.3 Å². The van der Waals surface area contributed by atoms with Crippen molar-refractivity contribution in [2.24, 2.45) is 4.99 Å². The molecule has 1 fully saturated rings. The van der Waals surface area contributed by atoms with Crippen molar-refractivity contribution < 1.29 is 4.74 Å². The number of nitrogens with one attached hydrogen (secondary N) is 2. The molecule has 136 valence electrons. The Morgan fingerprint density at radius 1 is 1.24 bits per heavy atom. The second-order valence-electron chi connectivity index (χ2n) is 6.86. The van der Waals surface area contributed by atoms with E-state index in [1.54, 1.807) is 0 Å². The average Bonchev–Trinajstić information content (AvgIpc) is 3.14. The second-order valence-corrected chi connectivity index (χ2v) is 6.86. The van der Waals surface area contributed by atoms with Gasteiger partial charge in [-0.05, 0) is 57.1 Å². The van der Waals surface area contributed by atoms with Gasteiger partial charge in [0.2, 0.25) is 5.88 Å². The number of guanidine groups is 1. The van der Waals surface area contributed by atoms with Gasteiger partial charge in [0.05, 0.1) is 6.54 Å². The van der Waals surface area contributed by atoms with Crippen molar-refractivity contribution in [3.8, 4) is 5.88 Å². The van der Waals surface area contributed by atoms with E-state index in [9.17, 15) is 0 Å². The maximum absolute atomic E-state index is 6.06. The summed E-state index contributed by atoms with van der Waals surface area (Å²) in [6.07, 6.45) is 14.9. The quantitative estimate of drug-likeness (QED) is 0.471. The van der Waals surface area contributed by atoms with Crippen molar-refractivity contribution in [2.75, 3.05) is 6.54 Å². The zero-order valence-corrected chi connectivity index (χ0v) is 15.2. The molecule has 0 radical (unpaired) electrons. The fourth-order valence-corrected chi connectivity index (χ4v) is 3.39. The van der Waals surface area contributed by atoms with E-state index >= 15 is 0 Å². The van der Waals surface area contributed by atoms with Gasteiger partial charge in [0.1, 0.15) is 6.10 Å². The van der Waals surface area contributed by atoms with Crippen LogP contribution in [0.25, 0.3) is 0 Å². The van der Waals surface area contributed by atoms with Crippen molar-refractivity contribution in [1.29, 1.82) is 0 Å². The molecule has 0 bridgehead atoms. The van der Waals surface area contributed by atoms with E-state index in [1.807, 2.05) is 18.3 Å². The molecule has 1 saturated carbocycles. The van der Waals surface area contributed by atoms with Crippen molar-refractivity contribution in [2.45, 2.75) is 70.6 Å². The van der Waals surface area contributed by atoms with E-state index in [0.29, 0.717) is 18.7 Å². The minimum absolute atomic E-state index is 0.328. The lowest BCUT2D eigenvalue weighted by Crippen LogP contribution is -2.42. The number of rotatable bonds is 6. The summed E-state index contributed by atoms with van der Waals surface area (Å²) in [6, 6.07) is 4.50. The van der Waals surface area contributed by atoms with Gasteiger partial charge in [0.15, 0.2) is 5.96 Å². The van der Waals surface area contributed by atoms with Crippen molar-refractivity contribution in [3.05, 3.63) is 36.0 Å². The van der Waals surface area contributed by atoms with Crippen LogP contribution in [-0.2, 0) is 6.54 Å². The predicted molar refractivity (Wildman–Crippen MR) is 102 cm³/mol. The maximum Gasteiger partial charge on any atom is 0.213 e. The van der Waals surface area contributed by atoms with E-state index in [0.717, 1.165) is 49.6 Å². The molecule has 0 amide bonds. The first-order valence-electron chi connectivity index (χ1n) is 9.65. The van der Waals surface area contributed by atoms with Gasteiger partial charge < -0.3 is 15.4 Å². The third-order valence-electron chi connectivity index (χ3n) is 4.75. The van der Waals surface area contributed by atoms with Crippen LogP contribution in [0.15, 0.2) is 35.5 Å². The number of pyridine rings is 1.